The van der Waals surface area contributed by atoms with Crippen LogP contribution in [0.2, 0.25) is 5.28 Å². The van der Waals surface area contributed by atoms with Gasteiger partial charge in [0.25, 0.3) is 0 Å². The van der Waals surface area contributed by atoms with Gasteiger partial charge in [0, 0.05) is 31.8 Å². The first-order valence-electron chi connectivity index (χ1n) is 14.4. The van der Waals surface area contributed by atoms with Crippen molar-refractivity contribution >= 4 is 28.6 Å². The quantitative estimate of drug-likeness (QED) is 0.181. The van der Waals surface area contributed by atoms with Crippen molar-refractivity contribution in [3.63, 3.8) is 0 Å². The van der Waals surface area contributed by atoms with Gasteiger partial charge in [0.15, 0.2) is 28.5 Å². The number of imidazole rings is 1. The normalized spacial score (nSPS) is 22.2. The third-order valence-corrected chi connectivity index (χ3v) is 8.56. The van der Waals surface area contributed by atoms with E-state index in [4.69, 9.17) is 21.3 Å². The number of benzene rings is 1. The zero-order valence-electron chi connectivity index (χ0n) is 24.3. The molecule has 44 heavy (non-hydrogen) atoms. The standard InChI is InChI=1S/C30H31ClF5N7O/c1-16-14-42(27-24-28(40-29(31)39-27)43(18(3)37-24)15-21-5-4-12-44-21)17(2)13-41(16)25(19-6-8-20(32)9-7-19)23-11-10-22(33)26(38-23)30(34,35)36/h6-11,16-17,21,25H,4-5,12-15H2,1-3H3/t16-,17+,21+,25?/m1/s1. The molecule has 2 aliphatic heterocycles. The van der Waals surface area contributed by atoms with Crippen molar-refractivity contribution in [2.24, 2.45) is 0 Å². The number of hydrogen-bond donors (Lipinski definition) is 0. The lowest BCUT2D eigenvalue weighted by Crippen LogP contribution is -2.57. The predicted molar refractivity (Wildman–Crippen MR) is 154 cm³/mol. The molecule has 4 aromatic rings. The first-order valence-corrected chi connectivity index (χ1v) is 14.8. The van der Waals surface area contributed by atoms with Crippen molar-refractivity contribution in [1.29, 1.82) is 0 Å². The number of alkyl halides is 3. The van der Waals surface area contributed by atoms with Crippen LogP contribution in [0.4, 0.5) is 27.8 Å². The molecular weight excluding hydrogens is 605 g/mol. The molecule has 2 aliphatic rings. The number of piperazine rings is 1. The molecule has 8 nitrogen and oxygen atoms in total. The van der Waals surface area contributed by atoms with Crippen LogP contribution >= 0.6 is 11.6 Å². The molecule has 4 atom stereocenters. The van der Waals surface area contributed by atoms with Crippen molar-refractivity contribution < 1.29 is 26.7 Å². The van der Waals surface area contributed by atoms with Crippen LogP contribution in [-0.2, 0) is 17.5 Å². The van der Waals surface area contributed by atoms with Gasteiger partial charge >= 0.3 is 6.18 Å². The molecule has 1 unspecified atom stereocenters. The van der Waals surface area contributed by atoms with Gasteiger partial charge in [-0.25, -0.2) is 18.7 Å². The molecule has 14 heteroatoms. The summed E-state index contributed by atoms with van der Waals surface area (Å²) >= 11 is 6.45. The summed E-state index contributed by atoms with van der Waals surface area (Å²) in [7, 11) is 0. The van der Waals surface area contributed by atoms with Crippen LogP contribution < -0.4 is 4.90 Å². The maximum absolute atomic E-state index is 14.2. The minimum Gasteiger partial charge on any atom is -0.376 e. The van der Waals surface area contributed by atoms with E-state index in [-0.39, 0.29) is 29.2 Å². The predicted octanol–water partition coefficient (Wildman–Crippen LogP) is 6.35. The molecule has 2 fully saturated rings. The molecule has 5 heterocycles. The Labute approximate surface area is 255 Å². The first kappa shape index (κ1) is 30.6. The summed E-state index contributed by atoms with van der Waals surface area (Å²) in [4.78, 5) is 21.7. The number of hydrogen-bond acceptors (Lipinski definition) is 7. The topological polar surface area (TPSA) is 72.2 Å². The largest absolute Gasteiger partial charge is 0.436 e. The molecule has 6 rings (SSSR count). The smallest absolute Gasteiger partial charge is 0.376 e. The Kier molecular flexibility index (Phi) is 8.22. The van der Waals surface area contributed by atoms with E-state index in [2.05, 4.69) is 19.9 Å². The van der Waals surface area contributed by atoms with E-state index in [0.717, 1.165) is 31.3 Å². The molecule has 0 spiro atoms. The Balaban J connectivity index is 1.36. The van der Waals surface area contributed by atoms with Crippen molar-refractivity contribution in [3.05, 3.63) is 76.1 Å². The summed E-state index contributed by atoms with van der Waals surface area (Å²) < 4.78 is 76.9. The molecule has 0 saturated carbocycles. The van der Waals surface area contributed by atoms with Gasteiger partial charge < -0.3 is 14.2 Å². The van der Waals surface area contributed by atoms with Gasteiger partial charge in [-0.2, -0.15) is 23.1 Å². The van der Waals surface area contributed by atoms with E-state index in [1.807, 2.05) is 30.2 Å². The highest BCUT2D eigenvalue weighted by molar-refractivity contribution is 6.28. The lowest BCUT2D eigenvalue weighted by atomic mass is 9.96. The monoisotopic (exact) mass is 635 g/mol. The first-order chi connectivity index (χ1) is 20.9. The average Bonchev–Trinajstić information content (AvgIpc) is 3.59. The number of aromatic nitrogens is 5. The van der Waals surface area contributed by atoms with Crippen LogP contribution in [-0.4, -0.2) is 67.3 Å². The van der Waals surface area contributed by atoms with Crippen molar-refractivity contribution in [2.75, 3.05) is 24.6 Å². The highest BCUT2D eigenvalue weighted by atomic mass is 35.5. The summed E-state index contributed by atoms with van der Waals surface area (Å²) in [5.41, 5.74) is 0.154. The fraction of sp³-hybridized carbons (Fsp3) is 0.467. The Morgan fingerprint density at radius 1 is 0.977 bits per heavy atom. The lowest BCUT2D eigenvalue weighted by molar-refractivity contribution is -0.143. The SMILES string of the molecule is Cc1nc2c(N3C[C@@H](C)N(C(c4ccc(F)cc4)c4ccc(F)c(C(F)(F)F)n4)C[C@@H]3C)nc(Cl)nc2n1C[C@@H]1CCCO1. The molecule has 0 amide bonds. The number of pyridine rings is 1. The number of fused-ring (bicyclic) bond motifs is 1. The Morgan fingerprint density at radius 2 is 1.73 bits per heavy atom. The van der Waals surface area contributed by atoms with Crippen molar-refractivity contribution in [3.8, 4) is 0 Å². The number of aryl methyl sites for hydroxylation is 1. The van der Waals surface area contributed by atoms with Gasteiger partial charge in [0.05, 0.1) is 24.4 Å². The van der Waals surface area contributed by atoms with Crippen molar-refractivity contribution in [2.45, 2.75) is 70.6 Å². The number of ether oxygens (including phenoxy) is 1. The van der Waals surface area contributed by atoms with Crippen LogP contribution in [0.1, 0.15) is 55.5 Å². The number of halogens is 6. The molecule has 0 radical (unpaired) electrons. The summed E-state index contributed by atoms with van der Waals surface area (Å²) in [6.45, 7) is 7.90. The number of anilines is 1. The van der Waals surface area contributed by atoms with Crippen LogP contribution in [0.25, 0.3) is 11.2 Å². The average molecular weight is 636 g/mol. The van der Waals surface area contributed by atoms with E-state index in [0.29, 0.717) is 42.2 Å². The third-order valence-electron chi connectivity index (χ3n) is 8.39. The summed E-state index contributed by atoms with van der Waals surface area (Å²) in [5, 5.41) is 0.0719. The molecule has 0 aliphatic carbocycles. The maximum atomic E-state index is 14.2. The van der Waals surface area contributed by atoms with E-state index in [1.54, 1.807) is 0 Å². The Morgan fingerprint density at radius 3 is 2.41 bits per heavy atom. The fourth-order valence-corrected chi connectivity index (χ4v) is 6.43. The van der Waals surface area contributed by atoms with E-state index in [9.17, 15) is 22.0 Å². The van der Waals surface area contributed by atoms with Crippen LogP contribution in [0.5, 0.6) is 0 Å². The van der Waals surface area contributed by atoms with Crippen LogP contribution in [0.3, 0.4) is 0 Å². The van der Waals surface area contributed by atoms with Gasteiger partial charge in [-0.3, -0.25) is 4.90 Å². The van der Waals surface area contributed by atoms with E-state index in [1.165, 1.54) is 30.3 Å². The third kappa shape index (κ3) is 5.84. The van der Waals surface area contributed by atoms with E-state index < -0.39 is 29.5 Å². The molecule has 0 N–H and O–H groups in total. The molecule has 234 valence electrons. The van der Waals surface area contributed by atoms with Gasteiger partial charge in [-0.15, -0.1) is 0 Å². The number of rotatable bonds is 6. The van der Waals surface area contributed by atoms with E-state index >= 15 is 0 Å². The van der Waals surface area contributed by atoms with Gasteiger partial charge in [-0.1, -0.05) is 12.1 Å². The van der Waals surface area contributed by atoms with Gasteiger partial charge in [0.1, 0.15) is 11.6 Å². The summed E-state index contributed by atoms with van der Waals surface area (Å²) in [5.74, 6) is -0.623. The number of nitrogens with zero attached hydrogens (tertiary/aromatic N) is 7. The lowest BCUT2D eigenvalue weighted by Gasteiger charge is -2.47. The zero-order chi connectivity index (χ0) is 31.3. The molecular formula is C30H31ClF5N7O. The molecule has 2 saturated heterocycles. The van der Waals surface area contributed by atoms with Crippen LogP contribution in [0.15, 0.2) is 36.4 Å². The molecule has 0 bridgehead atoms. The highest BCUT2D eigenvalue weighted by Gasteiger charge is 2.40. The Hall–Kier alpha value is -3.42. The van der Waals surface area contributed by atoms with Gasteiger partial charge in [0.2, 0.25) is 5.28 Å². The summed E-state index contributed by atoms with van der Waals surface area (Å²) in [6.07, 6.45) is -2.97. The minimum absolute atomic E-state index is 0.00815. The Bertz CT molecular complexity index is 1660. The zero-order valence-corrected chi connectivity index (χ0v) is 25.1. The van der Waals surface area contributed by atoms with Gasteiger partial charge in [-0.05, 0) is 75.0 Å². The van der Waals surface area contributed by atoms with Crippen molar-refractivity contribution in [1.82, 2.24) is 29.4 Å². The second-order valence-electron chi connectivity index (χ2n) is 11.5. The maximum Gasteiger partial charge on any atom is 0.436 e. The second kappa shape index (κ2) is 11.8. The molecule has 3 aromatic heterocycles. The highest BCUT2D eigenvalue weighted by Crippen LogP contribution is 2.38. The second-order valence-corrected chi connectivity index (χ2v) is 11.8. The minimum atomic E-state index is -4.98. The summed E-state index contributed by atoms with van der Waals surface area (Å²) in [6, 6.07) is 6.26. The molecule has 1 aromatic carbocycles. The fourth-order valence-electron chi connectivity index (χ4n) is 6.27. The van der Waals surface area contributed by atoms with Crippen LogP contribution in [0, 0.1) is 18.6 Å².